The van der Waals surface area contributed by atoms with E-state index in [9.17, 15) is 0 Å². The third-order valence-electron chi connectivity index (χ3n) is 2.41. The molecule has 0 saturated heterocycles. The molecule has 0 aliphatic carbocycles. The van der Waals surface area contributed by atoms with Gasteiger partial charge in [-0.15, -0.1) is 11.8 Å². The van der Waals surface area contributed by atoms with Crippen molar-refractivity contribution < 1.29 is 0 Å². The third-order valence-corrected chi connectivity index (χ3v) is 7.61. The molecule has 1 atom stereocenters. The Labute approximate surface area is 107 Å². The number of nitrogens with zero attached hydrogens (tertiary/aromatic N) is 3. The summed E-state index contributed by atoms with van der Waals surface area (Å²) in [5, 5.41) is 4.30. The van der Waals surface area contributed by atoms with Crippen molar-refractivity contribution in [3.8, 4) is 0 Å². The Bertz CT molecular complexity index is 450. The molecule has 3 nitrogen and oxygen atoms in total. The molecule has 90 valence electrons. The average molecular weight is 263 g/mol. The van der Waals surface area contributed by atoms with E-state index in [2.05, 4.69) is 54.0 Å². The Morgan fingerprint density at radius 3 is 2.41 bits per heavy atom. The molecule has 5 heteroatoms. The van der Waals surface area contributed by atoms with E-state index in [1.54, 1.807) is 6.33 Å². The molecule has 0 fully saturated rings. The van der Waals surface area contributed by atoms with Crippen molar-refractivity contribution in [1.82, 2.24) is 14.8 Å². The molecule has 0 aliphatic rings. The number of rotatable bonds is 4. The number of thioether (sulfide) groups is 1. The minimum absolute atomic E-state index is 0.382. The molecule has 1 aromatic carbocycles. The summed E-state index contributed by atoms with van der Waals surface area (Å²) in [6.07, 6.45) is 3.43. The summed E-state index contributed by atoms with van der Waals surface area (Å²) in [5.74, 6) is 0. The van der Waals surface area contributed by atoms with E-state index in [1.165, 1.54) is 4.90 Å². The highest BCUT2D eigenvalue weighted by atomic mass is 32.2. The molecule has 0 saturated carbocycles. The van der Waals surface area contributed by atoms with Gasteiger partial charge in [0.25, 0.3) is 0 Å². The first kappa shape index (κ1) is 12.4. The molecular weight excluding hydrogens is 246 g/mol. The fourth-order valence-corrected chi connectivity index (χ4v) is 5.13. The van der Waals surface area contributed by atoms with Gasteiger partial charge in [-0.1, -0.05) is 37.8 Å². The second kappa shape index (κ2) is 5.06. The summed E-state index contributed by atoms with van der Waals surface area (Å²) in [6.45, 7) is 7.07. The molecule has 17 heavy (non-hydrogen) atoms. The van der Waals surface area contributed by atoms with E-state index in [0.29, 0.717) is 5.00 Å². The van der Waals surface area contributed by atoms with Crippen LogP contribution in [0.3, 0.4) is 0 Å². The molecule has 1 heterocycles. The standard InChI is InChI=1S/C12H17N3SSi/c1-17(2,3)12(15-10-13-9-14-15)16-11-7-5-4-6-8-11/h4-10,12H,1-3H3. The number of benzene rings is 1. The first-order chi connectivity index (χ1) is 8.07. The summed E-state index contributed by atoms with van der Waals surface area (Å²) >= 11 is 1.88. The molecule has 2 rings (SSSR count). The van der Waals surface area contributed by atoms with E-state index in [4.69, 9.17) is 0 Å². The van der Waals surface area contributed by atoms with E-state index in [1.807, 2.05) is 28.8 Å². The molecule has 0 aliphatic heterocycles. The first-order valence-corrected chi connectivity index (χ1v) is 10.1. The molecule has 2 aromatic rings. The fourth-order valence-electron chi connectivity index (χ4n) is 1.59. The highest BCUT2D eigenvalue weighted by Gasteiger charge is 2.29. The molecule has 0 bridgehead atoms. The van der Waals surface area contributed by atoms with E-state index >= 15 is 0 Å². The second-order valence-electron chi connectivity index (χ2n) is 5.02. The van der Waals surface area contributed by atoms with Gasteiger partial charge in [-0.2, -0.15) is 5.10 Å². The Hall–Kier alpha value is -1.07. The molecule has 1 aromatic heterocycles. The molecule has 0 amide bonds. The summed E-state index contributed by atoms with van der Waals surface area (Å²) in [7, 11) is -1.35. The van der Waals surface area contributed by atoms with Gasteiger partial charge in [-0.05, 0) is 12.1 Å². The van der Waals surface area contributed by atoms with Crippen LogP contribution in [0.4, 0.5) is 0 Å². The van der Waals surface area contributed by atoms with Crippen LogP contribution in [0.2, 0.25) is 19.6 Å². The molecular formula is C12H17N3SSi. The van der Waals surface area contributed by atoms with Crippen LogP contribution < -0.4 is 0 Å². The van der Waals surface area contributed by atoms with Gasteiger partial charge in [-0.25, -0.2) is 9.67 Å². The predicted molar refractivity (Wildman–Crippen MR) is 74.7 cm³/mol. The van der Waals surface area contributed by atoms with Crippen molar-refractivity contribution in [3.05, 3.63) is 43.0 Å². The SMILES string of the molecule is C[Si](C)(C)C(Sc1ccccc1)n1cncn1. The van der Waals surface area contributed by atoms with Crippen molar-refractivity contribution in [2.75, 3.05) is 0 Å². The van der Waals surface area contributed by atoms with Gasteiger partial charge in [0, 0.05) is 4.90 Å². The van der Waals surface area contributed by atoms with Gasteiger partial charge < -0.3 is 0 Å². The zero-order valence-electron chi connectivity index (χ0n) is 10.4. The highest BCUT2D eigenvalue weighted by Crippen LogP contribution is 2.37. The van der Waals surface area contributed by atoms with Gasteiger partial charge in [0.05, 0.1) is 13.1 Å². The Morgan fingerprint density at radius 1 is 1.18 bits per heavy atom. The molecule has 1 unspecified atom stereocenters. The van der Waals surface area contributed by atoms with Crippen LogP contribution in [0.5, 0.6) is 0 Å². The average Bonchev–Trinajstić information content (AvgIpc) is 2.79. The third kappa shape index (κ3) is 3.20. The van der Waals surface area contributed by atoms with Crippen LogP contribution in [0.15, 0.2) is 47.9 Å². The Balaban J connectivity index is 2.24. The largest absolute Gasteiger partial charge is 0.243 e. The lowest BCUT2D eigenvalue weighted by Gasteiger charge is -2.28. The van der Waals surface area contributed by atoms with Crippen LogP contribution in [0.1, 0.15) is 5.00 Å². The van der Waals surface area contributed by atoms with Crippen molar-refractivity contribution in [2.45, 2.75) is 29.5 Å². The normalized spacial score (nSPS) is 13.6. The maximum atomic E-state index is 4.30. The number of hydrogen-bond donors (Lipinski definition) is 0. The monoisotopic (exact) mass is 263 g/mol. The topological polar surface area (TPSA) is 30.7 Å². The van der Waals surface area contributed by atoms with Gasteiger partial charge in [0.15, 0.2) is 0 Å². The fraction of sp³-hybridized carbons (Fsp3) is 0.333. The van der Waals surface area contributed by atoms with Crippen LogP contribution in [-0.4, -0.2) is 22.8 Å². The van der Waals surface area contributed by atoms with Crippen molar-refractivity contribution in [1.29, 1.82) is 0 Å². The lowest BCUT2D eigenvalue weighted by atomic mass is 10.4. The molecule has 0 spiro atoms. The highest BCUT2D eigenvalue weighted by molar-refractivity contribution is 8.01. The summed E-state index contributed by atoms with van der Waals surface area (Å²) in [6, 6.07) is 10.5. The lowest BCUT2D eigenvalue weighted by Crippen LogP contribution is -2.33. The minimum Gasteiger partial charge on any atom is -0.243 e. The van der Waals surface area contributed by atoms with E-state index in [0.717, 1.165) is 0 Å². The minimum atomic E-state index is -1.35. The molecule has 0 radical (unpaired) electrons. The smallest absolute Gasteiger partial charge is 0.137 e. The zero-order chi connectivity index (χ0) is 12.3. The van der Waals surface area contributed by atoms with Gasteiger partial charge in [-0.3, -0.25) is 0 Å². The summed E-state index contributed by atoms with van der Waals surface area (Å²) in [5.41, 5.74) is 0. The van der Waals surface area contributed by atoms with Crippen molar-refractivity contribution in [3.63, 3.8) is 0 Å². The van der Waals surface area contributed by atoms with Crippen LogP contribution in [0, 0.1) is 0 Å². The van der Waals surface area contributed by atoms with Crippen LogP contribution in [-0.2, 0) is 0 Å². The van der Waals surface area contributed by atoms with E-state index < -0.39 is 8.07 Å². The van der Waals surface area contributed by atoms with Gasteiger partial charge in [0.1, 0.15) is 12.7 Å². The first-order valence-electron chi connectivity index (χ1n) is 5.63. The van der Waals surface area contributed by atoms with Crippen LogP contribution in [0.25, 0.3) is 0 Å². The molecule has 0 N–H and O–H groups in total. The second-order valence-corrected chi connectivity index (χ2v) is 11.9. The summed E-state index contributed by atoms with van der Waals surface area (Å²) in [4.78, 5) is 5.73. The lowest BCUT2D eigenvalue weighted by molar-refractivity contribution is 0.708. The maximum Gasteiger partial charge on any atom is 0.137 e. The van der Waals surface area contributed by atoms with Crippen molar-refractivity contribution in [2.24, 2.45) is 0 Å². The predicted octanol–water partition coefficient (Wildman–Crippen LogP) is 3.45. The Morgan fingerprint density at radius 2 is 1.88 bits per heavy atom. The number of hydrogen-bond acceptors (Lipinski definition) is 3. The van der Waals surface area contributed by atoms with Gasteiger partial charge in [0.2, 0.25) is 0 Å². The Kier molecular flexibility index (Phi) is 3.68. The summed E-state index contributed by atoms with van der Waals surface area (Å²) < 4.78 is 1.99. The maximum absolute atomic E-state index is 4.30. The number of aromatic nitrogens is 3. The zero-order valence-corrected chi connectivity index (χ0v) is 12.2. The van der Waals surface area contributed by atoms with Crippen LogP contribution >= 0.6 is 11.8 Å². The van der Waals surface area contributed by atoms with Gasteiger partial charge >= 0.3 is 0 Å². The van der Waals surface area contributed by atoms with Crippen molar-refractivity contribution >= 4 is 19.8 Å². The quantitative estimate of drug-likeness (QED) is 0.625. The van der Waals surface area contributed by atoms with E-state index in [-0.39, 0.29) is 0 Å².